The Bertz CT molecular complexity index is 554. The molecule has 2 heterocycles. The van der Waals surface area contributed by atoms with Crippen molar-refractivity contribution in [2.45, 2.75) is 0 Å². The molecule has 2 amide bonds. The van der Waals surface area contributed by atoms with Crippen LogP contribution in [0.4, 0.5) is 5.69 Å². The number of imide groups is 1. The molecule has 6 heteroatoms. The monoisotopic (exact) mass is 279 g/mol. The number of thioether (sulfide) groups is 2. The average Bonchev–Trinajstić information content (AvgIpc) is 2.64. The topological polar surface area (TPSA) is 57.6 Å². The lowest BCUT2D eigenvalue weighted by molar-refractivity contribution is -0.120. The molecule has 1 aromatic carbocycles. The van der Waals surface area contributed by atoms with E-state index in [9.17, 15) is 14.7 Å². The molecule has 4 nitrogen and oxygen atoms in total. The molecule has 0 unspecified atom stereocenters. The van der Waals surface area contributed by atoms with Crippen LogP contribution >= 0.6 is 23.5 Å². The number of hydrogen-bond donors (Lipinski definition) is 1. The molecule has 0 aromatic heterocycles. The Kier molecular flexibility index (Phi) is 2.83. The second-order valence-corrected chi connectivity index (χ2v) is 6.00. The van der Waals surface area contributed by atoms with E-state index >= 15 is 0 Å². The summed E-state index contributed by atoms with van der Waals surface area (Å²) in [6.07, 6.45) is 0. The van der Waals surface area contributed by atoms with Crippen LogP contribution in [-0.2, 0) is 9.59 Å². The molecule has 3 rings (SSSR count). The smallest absolute Gasteiger partial charge is 0.273 e. The Morgan fingerprint density at radius 3 is 2.11 bits per heavy atom. The third kappa shape index (κ3) is 1.64. The molecule has 0 radical (unpaired) electrons. The number of rotatable bonds is 1. The van der Waals surface area contributed by atoms with Crippen molar-refractivity contribution in [1.29, 1.82) is 0 Å². The summed E-state index contributed by atoms with van der Waals surface area (Å²) in [6, 6.07) is 6.38. The highest BCUT2D eigenvalue weighted by Crippen LogP contribution is 2.43. The van der Waals surface area contributed by atoms with Crippen LogP contribution in [0.3, 0.4) is 0 Å². The van der Waals surface area contributed by atoms with E-state index in [1.807, 2.05) is 0 Å². The maximum Gasteiger partial charge on any atom is 0.273 e. The van der Waals surface area contributed by atoms with Gasteiger partial charge in [0.15, 0.2) is 0 Å². The Morgan fingerprint density at radius 1 is 1.00 bits per heavy atom. The summed E-state index contributed by atoms with van der Waals surface area (Å²) in [7, 11) is 0. The summed E-state index contributed by atoms with van der Waals surface area (Å²) >= 11 is 2.83. The van der Waals surface area contributed by atoms with Crippen molar-refractivity contribution in [1.82, 2.24) is 0 Å². The molecule has 2 aliphatic heterocycles. The van der Waals surface area contributed by atoms with E-state index in [1.165, 1.54) is 29.6 Å². The second kappa shape index (κ2) is 4.37. The first-order valence-electron chi connectivity index (χ1n) is 5.37. The van der Waals surface area contributed by atoms with Crippen LogP contribution in [-0.4, -0.2) is 28.4 Å². The maximum absolute atomic E-state index is 12.2. The fraction of sp³-hybridized carbons (Fsp3) is 0.167. The lowest BCUT2D eigenvalue weighted by Crippen LogP contribution is -2.31. The van der Waals surface area contributed by atoms with Gasteiger partial charge in [-0.25, -0.2) is 4.90 Å². The van der Waals surface area contributed by atoms with Gasteiger partial charge in [0, 0.05) is 11.5 Å². The predicted octanol–water partition coefficient (Wildman–Crippen LogP) is 1.96. The van der Waals surface area contributed by atoms with Crippen LogP contribution < -0.4 is 4.90 Å². The maximum atomic E-state index is 12.2. The number of amides is 2. The predicted molar refractivity (Wildman–Crippen MR) is 72.5 cm³/mol. The zero-order valence-corrected chi connectivity index (χ0v) is 10.9. The highest BCUT2D eigenvalue weighted by atomic mass is 32.2. The third-order valence-electron chi connectivity index (χ3n) is 2.70. The number of phenols is 1. The second-order valence-electron chi connectivity index (χ2n) is 3.79. The number of nitrogens with zero attached hydrogens (tertiary/aromatic N) is 1. The van der Waals surface area contributed by atoms with Crippen LogP contribution in [0.15, 0.2) is 34.1 Å². The lowest BCUT2D eigenvalue weighted by atomic mass is 10.2. The summed E-state index contributed by atoms with van der Waals surface area (Å²) < 4.78 is 0. The van der Waals surface area contributed by atoms with Gasteiger partial charge in [0.1, 0.15) is 5.75 Å². The molecule has 1 N–H and O–H groups in total. The fourth-order valence-electron chi connectivity index (χ4n) is 1.90. The van der Waals surface area contributed by atoms with E-state index in [4.69, 9.17) is 0 Å². The van der Waals surface area contributed by atoms with Crippen molar-refractivity contribution in [3.8, 4) is 5.75 Å². The zero-order valence-electron chi connectivity index (χ0n) is 9.25. The average molecular weight is 279 g/mol. The van der Waals surface area contributed by atoms with Gasteiger partial charge in [-0.05, 0) is 12.1 Å². The molecule has 0 saturated heterocycles. The van der Waals surface area contributed by atoms with Gasteiger partial charge >= 0.3 is 0 Å². The number of carbonyl (C=O) groups excluding carboxylic acids is 2. The first-order chi connectivity index (χ1) is 8.70. The SMILES string of the molecule is O=C1C2=C(SCCS2)C(=O)N1c1ccccc1O. The van der Waals surface area contributed by atoms with Crippen LogP contribution in [0.5, 0.6) is 5.75 Å². The number of phenolic OH excluding ortho intramolecular Hbond substituents is 1. The van der Waals surface area contributed by atoms with Crippen LogP contribution in [0.2, 0.25) is 0 Å². The Morgan fingerprint density at radius 2 is 1.56 bits per heavy atom. The van der Waals surface area contributed by atoms with Gasteiger partial charge in [-0.2, -0.15) is 0 Å². The number of para-hydroxylation sites is 2. The van der Waals surface area contributed by atoms with Crippen molar-refractivity contribution < 1.29 is 14.7 Å². The summed E-state index contributed by atoms with van der Waals surface area (Å²) in [5.41, 5.74) is 0.253. The Hall–Kier alpha value is -1.40. The minimum Gasteiger partial charge on any atom is -0.506 e. The van der Waals surface area contributed by atoms with Gasteiger partial charge in [-0.3, -0.25) is 9.59 Å². The van der Waals surface area contributed by atoms with Crippen molar-refractivity contribution in [3.63, 3.8) is 0 Å². The van der Waals surface area contributed by atoms with Gasteiger partial charge < -0.3 is 5.11 Å². The Labute approximate surface area is 112 Å². The molecule has 0 saturated carbocycles. The number of hydrogen-bond acceptors (Lipinski definition) is 5. The Balaban J connectivity index is 2.05. The molecule has 18 heavy (non-hydrogen) atoms. The molecule has 92 valence electrons. The number of benzene rings is 1. The zero-order chi connectivity index (χ0) is 12.7. The molecule has 0 fully saturated rings. The van der Waals surface area contributed by atoms with Crippen LogP contribution in [0.25, 0.3) is 0 Å². The largest absolute Gasteiger partial charge is 0.506 e. The molecule has 0 aliphatic carbocycles. The standard InChI is InChI=1S/C12H9NO3S2/c14-8-4-2-1-3-7(8)13-11(15)9-10(12(13)16)18-6-5-17-9/h1-4,14H,5-6H2. The summed E-state index contributed by atoms with van der Waals surface area (Å²) in [4.78, 5) is 26.5. The highest BCUT2D eigenvalue weighted by Gasteiger charge is 2.41. The minimum atomic E-state index is -0.325. The van der Waals surface area contributed by atoms with E-state index in [-0.39, 0.29) is 23.3 Å². The first-order valence-corrected chi connectivity index (χ1v) is 7.34. The van der Waals surface area contributed by atoms with E-state index in [0.717, 1.165) is 16.4 Å². The van der Waals surface area contributed by atoms with E-state index < -0.39 is 0 Å². The molecule has 2 aliphatic rings. The van der Waals surface area contributed by atoms with E-state index in [2.05, 4.69) is 0 Å². The van der Waals surface area contributed by atoms with E-state index in [1.54, 1.807) is 18.2 Å². The molecule has 0 atom stereocenters. The summed E-state index contributed by atoms with van der Waals surface area (Å²) in [5.74, 6) is 0.949. The summed E-state index contributed by atoms with van der Waals surface area (Å²) in [6.45, 7) is 0. The normalized spacial score (nSPS) is 19.4. The molecular weight excluding hydrogens is 270 g/mol. The quantitative estimate of drug-likeness (QED) is 0.796. The van der Waals surface area contributed by atoms with E-state index in [0.29, 0.717) is 9.81 Å². The van der Waals surface area contributed by atoms with Gasteiger partial charge in [0.05, 0.1) is 15.5 Å². The van der Waals surface area contributed by atoms with Gasteiger partial charge in [0.25, 0.3) is 11.8 Å². The number of carbonyl (C=O) groups is 2. The fourth-order valence-corrected chi connectivity index (χ4v) is 4.20. The highest BCUT2D eigenvalue weighted by molar-refractivity contribution is 8.11. The third-order valence-corrected chi connectivity index (χ3v) is 5.24. The minimum absolute atomic E-state index is 0.0611. The lowest BCUT2D eigenvalue weighted by Gasteiger charge is -2.15. The molecule has 0 spiro atoms. The van der Waals surface area contributed by atoms with Crippen molar-refractivity contribution in [3.05, 3.63) is 34.1 Å². The van der Waals surface area contributed by atoms with Crippen LogP contribution in [0, 0.1) is 0 Å². The van der Waals surface area contributed by atoms with Crippen molar-refractivity contribution in [2.75, 3.05) is 16.4 Å². The van der Waals surface area contributed by atoms with Gasteiger partial charge in [0.2, 0.25) is 0 Å². The van der Waals surface area contributed by atoms with Crippen molar-refractivity contribution >= 4 is 41.0 Å². The number of anilines is 1. The molecule has 0 bridgehead atoms. The molecule has 1 aromatic rings. The van der Waals surface area contributed by atoms with Gasteiger partial charge in [-0.15, -0.1) is 23.5 Å². The van der Waals surface area contributed by atoms with Crippen LogP contribution in [0.1, 0.15) is 0 Å². The first kappa shape index (κ1) is 11.7. The summed E-state index contributed by atoms with van der Waals surface area (Å²) in [5, 5.41) is 9.76. The van der Waals surface area contributed by atoms with Crippen molar-refractivity contribution in [2.24, 2.45) is 0 Å². The van der Waals surface area contributed by atoms with Gasteiger partial charge in [-0.1, -0.05) is 12.1 Å². The molecular formula is C12H9NO3S2. The number of aromatic hydroxyl groups is 1.